The van der Waals surface area contributed by atoms with E-state index >= 15 is 0 Å². The van der Waals surface area contributed by atoms with E-state index in [-0.39, 0.29) is 30.1 Å². The van der Waals surface area contributed by atoms with Gasteiger partial charge in [0.25, 0.3) is 0 Å². The highest BCUT2D eigenvalue weighted by Crippen LogP contribution is 2.32. The van der Waals surface area contributed by atoms with E-state index in [1.807, 2.05) is 0 Å². The third-order valence-corrected chi connectivity index (χ3v) is 6.55. The molecule has 1 saturated heterocycles. The van der Waals surface area contributed by atoms with Crippen molar-refractivity contribution in [3.05, 3.63) is 0 Å². The molecule has 1 aliphatic heterocycles. The summed E-state index contributed by atoms with van der Waals surface area (Å²) in [5.41, 5.74) is 0. The van der Waals surface area contributed by atoms with E-state index in [0.717, 1.165) is 38.5 Å². The molecule has 0 amide bonds. The van der Waals surface area contributed by atoms with Crippen molar-refractivity contribution in [2.24, 2.45) is 5.92 Å². The molecule has 0 aromatic rings. The van der Waals surface area contributed by atoms with E-state index < -0.39 is 0 Å². The Labute approximate surface area is 192 Å². The molecule has 4 heteroatoms. The minimum absolute atomic E-state index is 0.0109. The van der Waals surface area contributed by atoms with E-state index in [9.17, 15) is 9.59 Å². The number of hydrogen-bond donors (Lipinski definition) is 0. The molecule has 1 heterocycles. The fourth-order valence-corrected chi connectivity index (χ4v) is 4.44. The summed E-state index contributed by atoms with van der Waals surface area (Å²) >= 11 is 0. The number of carbonyl (C=O) groups is 2. The van der Waals surface area contributed by atoms with Gasteiger partial charge in [0.05, 0.1) is 5.92 Å². The van der Waals surface area contributed by atoms with Crippen LogP contribution in [0.2, 0.25) is 0 Å². The van der Waals surface area contributed by atoms with Crippen LogP contribution in [0.25, 0.3) is 0 Å². The summed E-state index contributed by atoms with van der Waals surface area (Å²) in [6, 6.07) is 0. The van der Waals surface area contributed by atoms with Crippen LogP contribution in [-0.2, 0) is 19.1 Å². The second kappa shape index (κ2) is 18.5. The molecule has 0 bridgehead atoms. The molecule has 0 aliphatic carbocycles. The van der Waals surface area contributed by atoms with Crippen molar-refractivity contribution in [1.82, 2.24) is 0 Å². The quantitative estimate of drug-likeness (QED) is 0.135. The van der Waals surface area contributed by atoms with Gasteiger partial charge in [0, 0.05) is 12.8 Å². The molecule has 1 aliphatic rings. The lowest BCUT2D eigenvalue weighted by molar-refractivity contribution is -0.190. The number of ether oxygens (including phenoxy) is 2. The molecule has 0 saturated carbocycles. The first-order chi connectivity index (χ1) is 15.1. The molecule has 0 unspecified atom stereocenters. The Kier molecular flexibility index (Phi) is 16.7. The molecule has 0 radical (unpaired) electrons. The molecule has 1 fully saturated rings. The van der Waals surface area contributed by atoms with E-state index in [4.69, 9.17) is 9.47 Å². The van der Waals surface area contributed by atoms with Crippen LogP contribution in [0.15, 0.2) is 0 Å². The van der Waals surface area contributed by atoms with Crippen molar-refractivity contribution in [3.63, 3.8) is 0 Å². The van der Waals surface area contributed by atoms with Gasteiger partial charge in [-0.2, -0.15) is 0 Å². The fraction of sp³-hybridized carbons (Fsp3) is 0.926. The first-order valence-corrected chi connectivity index (χ1v) is 13.5. The standard InChI is InChI=1S/C27H50O4/c1-4-7-10-12-13-14-15-16-17-19-23(30-26(28)21-9-6-3)22-25-24(27(29)31-25)20-18-11-8-5-2/h23-25H,4-22H2,1-3H3/t23-,24-,25-/m0/s1. The number of rotatable bonds is 21. The predicted molar refractivity (Wildman–Crippen MR) is 128 cm³/mol. The third kappa shape index (κ3) is 13.2. The van der Waals surface area contributed by atoms with Crippen LogP contribution in [0.1, 0.15) is 143 Å². The zero-order chi connectivity index (χ0) is 22.7. The van der Waals surface area contributed by atoms with Crippen LogP contribution in [0, 0.1) is 5.92 Å². The van der Waals surface area contributed by atoms with Crippen LogP contribution in [0.3, 0.4) is 0 Å². The van der Waals surface area contributed by atoms with Gasteiger partial charge in [-0.15, -0.1) is 0 Å². The van der Waals surface area contributed by atoms with Gasteiger partial charge in [-0.1, -0.05) is 104 Å². The lowest BCUT2D eigenvalue weighted by Gasteiger charge is -2.37. The summed E-state index contributed by atoms with van der Waals surface area (Å²) in [7, 11) is 0. The first-order valence-electron chi connectivity index (χ1n) is 13.5. The van der Waals surface area contributed by atoms with Gasteiger partial charge >= 0.3 is 11.9 Å². The van der Waals surface area contributed by atoms with E-state index in [1.165, 1.54) is 70.6 Å². The molecule has 0 aromatic carbocycles. The van der Waals surface area contributed by atoms with Gasteiger partial charge in [-0.3, -0.25) is 9.59 Å². The normalized spacial score (nSPS) is 19.0. The molecule has 1 rings (SSSR count). The topological polar surface area (TPSA) is 52.6 Å². The van der Waals surface area contributed by atoms with Crippen molar-refractivity contribution < 1.29 is 19.1 Å². The Morgan fingerprint density at radius 3 is 1.94 bits per heavy atom. The second-order valence-corrected chi connectivity index (χ2v) is 9.50. The van der Waals surface area contributed by atoms with E-state index in [1.54, 1.807) is 0 Å². The molecule has 4 nitrogen and oxygen atoms in total. The highest BCUT2D eigenvalue weighted by molar-refractivity contribution is 5.78. The predicted octanol–water partition coefficient (Wildman–Crippen LogP) is 7.91. The summed E-state index contributed by atoms with van der Waals surface area (Å²) in [5.74, 6) is -0.134. The van der Waals surface area contributed by atoms with Gasteiger partial charge < -0.3 is 9.47 Å². The minimum atomic E-state index is -0.106. The van der Waals surface area contributed by atoms with Gasteiger partial charge in [0.1, 0.15) is 12.2 Å². The minimum Gasteiger partial charge on any atom is -0.462 e. The zero-order valence-corrected chi connectivity index (χ0v) is 20.8. The SMILES string of the molecule is CCCCCCCCCCC[C@@H](C[C@@H]1OC(=O)[C@H]1CCCCCC)OC(=O)CCCC. The number of esters is 2. The molecule has 3 atom stereocenters. The molecule has 182 valence electrons. The van der Waals surface area contributed by atoms with E-state index in [2.05, 4.69) is 20.8 Å². The van der Waals surface area contributed by atoms with Crippen molar-refractivity contribution in [2.45, 2.75) is 155 Å². The van der Waals surface area contributed by atoms with Crippen molar-refractivity contribution in [3.8, 4) is 0 Å². The van der Waals surface area contributed by atoms with Crippen LogP contribution in [-0.4, -0.2) is 24.1 Å². The summed E-state index contributed by atoms with van der Waals surface area (Å²) in [6.07, 6.45) is 21.0. The molecule has 31 heavy (non-hydrogen) atoms. The summed E-state index contributed by atoms with van der Waals surface area (Å²) < 4.78 is 11.3. The number of unbranched alkanes of at least 4 members (excludes halogenated alkanes) is 12. The van der Waals surface area contributed by atoms with Crippen LogP contribution in [0.4, 0.5) is 0 Å². The van der Waals surface area contributed by atoms with Gasteiger partial charge in [-0.05, 0) is 25.7 Å². The molecule has 0 spiro atoms. The third-order valence-electron chi connectivity index (χ3n) is 6.55. The zero-order valence-electron chi connectivity index (χ0n) is 20.8. The Morgan fingerprint density at radius 1 is 0.806 bits per heavy atom. The number of cyclic esters (lactones) is 1. The highest BCUT2D eigenvalue weighted by Gasteiger charge is 2.43. The maximum Gasteiger partial charge on any atom is 0.313 e. The Balaban J connectivity index is 2.36. The van der Waals surface area contributed by atoms with Crippen LogP contribution in [0.5, 0.6) is 0 Å². The van der Waals surface area contributed by atoms with Crippen molar-refractivity contribution in [2.75, 3.05) is 0 Å². The maximum atomic E-state index is 12.2. The molecule has 0 aromatic heterocycles. The van der Waals surface area contributed by atoms with Gasteiger partial charge in [-0.25, -0.2) is 0 Å². The van der Waals surface area contributed by atoms with Crippen LogP contribution >= 0.6 is 0 Å². The summed E-state index contributed by atoms with van der Waals surface area (Å²) in [4.78, 5) is 24.2. The van der Waals surface area contributed by atoms with E-state index in [0.29, 0.717) is 12.8 Å². The smallest absolute Gasteiger partial charge is 0.313 e. The average Bonchev–Trinajstić information content (AvgIpc) is 2.75. The highest BCUT2D eigenvalue weighted by atomic mass is 16.6. The van der Waals surface area contributed by atoms with Crippen LogP contribution < -0.4 is 0 Å². The Bertz CT molecular complexity index is 462. The monoisotopic (exact) mass is 438 g/mol. The van der Waals surface area contributed by atoms with Crippen molar-refractivity contribution >= 4 is 11.9 Å². The summed E-state index contributed by atoms with van der Waals surface area (Å²) in [6.45, 7) is 6.54. The lowest BCUT2D eigenvalue weighted by atomic mass is 9.86. The second-order valence-electron chi connectivity index (χ2n) is 9.50. The largest absolute Gasteiger partial charge is 0.462 e. The van der Waals surface area contributed by atoms with Crippen molar-refractivity contribution in [1.29, 1.82) is 0 Å². The molecular formula is C27H50O4. The number of carbonyl (C=O) groups excluding carboxylic acids is 2. The van der Waals surface area contributed by atoms with Gasteiger partial charge in [0.2, 0.25) is 0 Å². The Hall–Kier alpha value is -1.06. The molecule has 0 N–H and O–H groups in total. The van der Waals surface area contributed by atoms with Gasteiger partial charge in [0.15, 0.2) is 0 Å². The average molecular weight is 439 g/mol. The maximum absolute atomic E-state index is 12.2. The molecular weight excluding hydrogens is 388 g/mol. The lowest BCUT2D eigenvalue weighted by Crippen LogP contribution is -2.47. The Morgan fingerprint density at radius 2 is 1.35 bits per heavy atom. The first kappa shape index (κ1) is 28.0. The summed E-state index contributed by atoms with van der Waals surface area (Å²) in [5, 5.41) is 0. The number of hydrogen-bond acceptors (Lipinski definition) is 4. The fourth-order valence-electron chi connectivity index (χ4n) is 4.44.